The molecule has 1 aromatic rings. The molecule has 0 aromatic carbocycles. The molecule has 2 N–H and O–H groups in total. The van der Waals surface area contributed by atoms with E-state index in [9.17, 15) is 35.9 Å². The Labute approximate surface area is 185 Å². The molecule has 13 heteroatoms. The maximum Gasteiger partial charge on any atom is 0.401 e. The third-order valence-corrected chi connectivity index (χ3v) is 5.91. The highest BCUT2D eigenvalue weighted by atomic mass is 32.1. The predicted octanol–water partition coefficient (Wildman–Crippen LogP) is 3.64. The zero-order chi connectivity index (χ0) is 24.1. The van der Waals surface area contributed by atoms with Crippen molar-refractivity contribution in [3.63, 3.8) is 0 Å². The van der Waals surface area contributed by atoms with Crippen LogP contribution in [0.25, 0.3) is 0 Å². The van der Waals surface area contributed by atoms with Gasteiger partial charge in [-0.15, -0.1) is 11.3 Å². The maximum absolute atomic E-state index is 12.4. The first kappa shape index (κ1) is 26.4. The maximum atomic E-state index is 12.4. The number of anilines is 1. The number of thiophene rings is 1. The Kier molecular flexibility index (Phi) is 8.94. The Balaban J connectivity index is 0.000000258. The van der Waals surface area contributed by atoms with Crippen molar-refractivity contribution < 1.29 is 40.7 Å². The van der Waals surface area contributed by atoms with Crippen LogP contribution in [0, 0.1) is 0 Å². The fraction of sp³-hybridized carbons (Fsp3) is 0.684. The lowest BCUT2D eigenvalue weighted by Gasteiger charge is -2.27. The second-order valence-electron chi connectivity index (χ2n) is 7.47. The Morgan fingerprint density at radius 1 is 1.00 bits per heavy atom. The number of nitrogens with two attached hydrogens (primary N) is 1. The van der Waals surface area contributed by atoms with Gasteiger partial charge >= 0.3 is 18.3 Å². The van der Waals surface area contributed by atoms with E-state index in [1.807, 2.05) is 0 Å². The van der Waals surface area contributed by atoms with Crippen LogP contribution in [0.5, 0.6) is 0 Å². The topological polar surface area (TPSA) is 75.9 Å². The predicted molar refractivity (Wildman–Crippen MR) is 106 cm³/mol. The highest BCUT2D eigenvalue weighted by molar-refractivity contribution is 7.16. The van der Waals surface area contributed by atoms with E-state index in [-0.39, 0.29) is 51.4 Å². The number of ether oxygens (including phenoxy) is 1. The van der Waals surface area contributed by atoms with Crippen LogP contribution in [-0.2, 0) is 22.5 Å². The number of fused-ring (bicyclic) bond motifs is 1. The van der Waals surface area contributed by atoms with Gasteiger partial charge in [-0.25, -0.2) is 4.79 Å². The fourth-order valence-corrected chi connectivity index (χ4v) is 4.66. The molecule has 0 amide bonds. The number of nitrogens with zero attached hydrogens (tertiary/aromatic N) is 2. The molecule has 6 nitrogen and oxygen atoms in total. The summed E-state index contributed by atoms with van der Waals surface area (Å²) in [4.78, 5) is 25.8. The highest BCUT2D eigenvalue weighted by Crippen LogP contribution is 2.36. The van der Waals surface area contributed by atoms with E-state index in [0.29, 0.717) is 17.0 Å². The van der Waals surface area contributed by atoms with E-state index in [4.69, 9.17) is 10.5 Å². The minimum absolute atomic E-state index is 0.0634. The summed E-state index contributed by atoms with van der Waals surface area (Å²) < 4.78 is 77.5. The molecule has 0 spiro atoms. The molecular weight excluding hydrogens is 464 g/mol. The van der Waals surface area contributed by atoms with Gasteiger partial charge < -0.3 is 10.5 Å². The zero-order valence-corrected chi connectivity index (χ0v) is 18.3. The van der Waals surface area contributed by atoms with Crippen molar-refractivity contribution in [3.05, 3.63) is 16.0 Å². The van der Waals surface area contributed by atoms with Gasteiger partial charge in [-0.05, 0) is 18.9 Å². The number of hydrogen-bond donors (Lipinski definition) is 1. The average Bonchev–Trinajstić information content (AvgIpc) is 2.97. The summed E-state index contributed by atoms with van der Waals surface area (Å²) in [5.74, 6) is -0.430. The number of likely N-dealkylation sites (tertiary alicyclic amines) is 1. The van der Waals surface area contributed by atoms with Gasteiger partial charge in [0.05, 0.1) is 25.3 Å². The highest BCUT2D eigenvalue weighted by Gasteiger charge is 2.35. The molecule has 182 valence electrons. The molecule has 1 aromatic heterocycles. The summed E-state index contributed by atoms with van der Waals surface area (Å²) in [6, 6.07) is 0. The second kappa shape index (κ2) is 10.8. The number of hydrogen-bond acceptors (Lipinski definition) is 7. The Morgan fingerprint density at radius 3 is 2.06 bits per heavy atom. The molecule has 0 radical (unpaired) electrons. The molecule has 2 aliphatic rings. The molecule has 0 aliphatic carbocycles. The number of Topliss-reactive ketones (excluding diaryl/α,β-unsaturated/α-hetero) is 1. The molecule has 3 rings (SSSR count). The quantitative estimate of drug-likeness (QED) is 0.514. The molecule has 32 heavy (non-hydrogen) atoms. The lowest BCUT2D eigenvalue weighted by Crippen LogP contribution is -2.40. The molecule has 0 atom stereocenters. The first-order valence-electron chi connectivity index (χ1n) is 9.96. The Morgan fingerprint density at radius 2 is 1.53 bits per heavy atom. The number of piperidine rings is 1. The average molecular weight is 489 g/mol. The first-order valence-corrected chi connectivity index (χ1v) is 10.8. The first-order chi connectivity index (χ1) is 14.8. The zero-order valence-electron chi connectivity index (χ0n) is 17.4. The third kappa shape index (κ3) is 8.24. The van der Waals surface area contributed by atoms with E-state index in [0.717, 1.165) is 10.4 Å². The second-order valence-corrected chi connectivity index (χ2v) is 8.61. The largest absolute Gasteiger partial charge is 0.462 e. The smallest absolute Gasteiger partial charge is 0.401 e. The van der Waals surface area contributed by atoms with Crippen LogP contribution in [0.2, 0.25) is 0 Å². The molecule has 1 saturated heterocycles. The van der Waals surface area contributed by atoms with Crippen LogP contribution in [0.15, 0.2) is 0 Å². The van der Waals surface area contributed by atoms with Crippen molar-refractivity contribution in [2.75, 3.05) is 45.1 Å². The van der Waals surface area contributed by atoms with Gasteiger partial charge in [-0.1, -0.05) is 0 Å². The van der Waals surface area contributed by atoms with Gasteiger partial charge in [0.15, 0.2) is 0 Å². The van der Waals surface area contributed by atoms with E-state index < -0.39 is 31.4 Å². The van der Waals surface area contributed by atoms with Gasteiger partial charge in [0.1, 0.15) is 10.8 Å². The lowest BCUT2D eigenvalue weighted by atomic mass is 10.0. The summed E-state index contributed by atoms with van der Waals surface area (Å²) in [5.41, 5.74) is 6.87. The summed E-state index contributed by atoms with van der Waals surface area (Å²) in [6.45, 7) is 1.02. The van der Waals surface area contributed by atoms with E-state index in [1.165, 1.54) is 21.1 Å². The number of ketones is 1. The Hall–Kier alpha value is -1.86. The van der Waals surface area contributed by atoms with Crippen LogP contribution in [-0.4, -0.2) is 73.2 Å². The molecule has 2 aliphatic heterocycles. The Bertz CT molecular complexity index is 799. The van der Waals surface area contributed by atoms with E-state index >= 15 is 0 Å². The number of halogens is 6. The normalized spacial score (nSPS) is 18.0. The van der Waals surface area contributed by atoms with E-state index in [1.54, 1.807) is 6.92 Å². The standard InChI is InChI=1S/C12H15F3N2O2S.C7H10F3NO/c1-2-19-11(18)9-7-3-4-17(6-12(13,14)15)5-8(7)20-10(9)16;8-7(9,10)5-11-3-1-6(12)2-4-11/h2-6,16H2,1H3;1-5H2. The van der Waals surface area contributed by atoms with Crippen molar-refractivity contribution in [3.8, 4) is 0 Å². The minimum atomic E-state index is -4.22. The summed E-state index contributed by atoms with van der Waals surface area (Å²) in [7, 11) is 0. The number of carbonyl (C=O) groups excluding carboxylic acids is 2. The van der Waals surface area contributed by atoms with Crippen molar-refractivity contribution in [2.45, 2.75) is 45.1 Å². The lowest BCUT2D eigenvalue weighted by molar-refractivity contribution is -0.150. The van der Waals surface area contributed by atoms with Crippen molar-refractivity contribution in [1.82, 2.24) is 9.80 Å². The summed E-state index contributed by atoms with van der Waals surface area (Å²) in [6.07, 6.45) is -7.45. The number of carbonyl (C=O) groups is 2. The van der Waals surface area contributed by atoms with Crippen LogP contribution >= 0.6 is 11.3 Å². The molecule has 0 bridgehead atoms. The number of esters is 1. The molecule has 3 heterocycles. The monoisotopic (exact) mass is 489 g/mol. The SMILES string of the molecule is CCOC(=O)c1c(N)sc2c1CCN(CC(F)(F)F)C2.O=C1CCN(CC(F)(F)F)CC1. The van der Waals surface area contributed by atoms with Crippen molar-refractivity contribution >= 4 is 28.1 Å². The van der Waals surface area contributed by atoms with Gasteiger partial charge in [-0.2, -0.15) is 26.3 Å². The van der Waals surface area contributed by atoms with Gasteiger partial charge in [0.25, 0.3) is 0 Å². The van der Waals surface area contributed by atoms with Gasteiger partial charge in [-0.3, -0.25) is 14.6 Å². The fourth-order valence-electron chi connectivity index (χ4n) is 3.51. The number of rotatable bonds is 4. The summed E-state index contributed by atoms with van der Waals surface area (Å²) >= 11 is 1.17. The summed E-state index contributed by atoms with van der Waals surface area (Å²) in [5, 5.41) is 0.322. The van der Waals surface area contributed by atoms with Crippen molar-refractivity contribution in [1.29, 1.82) is 0 Å². The van der Waals surface area contributed by atoms with Crippen molar-refractivity contribution in [2.24, 2.45) is 0 Å². The molecule has 1 fully saturated rings. The van der Waals surface area contributed by atoms with Crippen LogP contribution in [0.4, 0.5) is 31.3 Å². The molecular formula is C19H25F6N3O3S. The minimum Gasteiger partial charge on any atom is -0.462 e. The molecule has 0 saturated carbocycles. The third-order valence-electron chi connectivity index (χ3n) is 4.86. The van der Waals surface area contributed by atoms with Crippen LogP contribution < -0.4 is 5.73 Å². The number of nitrogen functional groups attached to an aromatic ring is 1. The van der Waals surface area contributed by atoms with Gasteiger partial charge in [0.2, 0.25) is 0 Å². The number of alkyl halides is 6. The van der Waals surface area contributed by atoms with E-state index in [2.05, 4.69) is 0 Å². The van der Waals surface area contributed by atoms with Crippen LogP contribution in [0.3, 0.4) is 0 Å². The van der Waals surface area contributed by atoms with Crippen LogP contribution in [0.1, 0.15) is 40.6 Å². The van der Waals surface area contributed by atoms with Gasteiger partial charge in [0, 0.05) is 43.9 Å². The molecule has 0 unspecified atom stereocenters.